The van der Waals surface area contributed by atoms with E-state index in [0.29, 0.717) is 29.7 Å². The van der Waals surface area contributed by atoms with Crippen LogP contribution >= 0.6 is 0 Å². The first-order valence-corrected chi connectivity index (χ1v) is 12.2. The van der Waals surface area contributed by atoms with Crippen molar-refractivity contribution in [1.82, 2.24) is 4.98 Å². The lowest BCUT2D eigenvalue weighted by molar-refractivity contribution is 0.0400. The number of carbonyl (C=O) groups excluding carboxylic acids is 1. The van der Waals surface area contributed by atoms with Gasteiger partial charge in [-0.2, -0.15) is 0 Å². The van der Waals surface area contributed by atoms with E-state index in [0.717, 1.165) is 11.1 Å². The summed E-state index contributed by atoms with van der Waals surface area (Å²) < 4.78 is 49.1. The largest absolute Gasteiger partial charge is 0.485 e. The molecule has 1 aliphatic rings. The van der Waals surface area contributed by atoms with Crippen molar-refractivity contribution in [1.29, 1.82) is 0 Å². The minimum atomic E-state index is -0.368. The number of allylic oxidation sites excluding steroid dienone is 1. The molecule has 0 fully saturated rings. The minimum absolute atomic E-state index is 0.000575. The molecule has 4 rings (SSSR count). The summed E-state index contributed by atoms with van der Waals surface area (Å²) in [5.41, 5.74) is 1.76. The average molecular weight is 554 g/mol. The molecule has 40 heavy (non-hydrogen) atoms. The highest BCUT2D eigenvalue weighted by Crippen LogP contribution is 2.38. The fourth-order valence-electron chi connectivity index (χ4n) is 3.81. The molecule has 1 unspecified atom stereocenters. The second-order valence-electron chi connectivity index (χ2n) is 8.40. The smallest absolute Gasteiger partial charge is 0.212 e. The maximum atomic E-state index is 13.4. The van der Waals surface area contributed by atoms with Gasteiger partial charge in [-0.3, -0.25) is 4.79 Å². The molecule has 1 atom stereocenters. The van der Waals surface area contributed by atoms with Gasteiger partial charge < -0.3 is 42.6 Å². The quantitative estimate of drug-likeness (QED) is 0.160. The number of carbonyl (C=O) groups is 1. The van der Waals surface area contributed by atoms with Crippen molar-refractivity contribution in [3.05, 3.63) is 71.4 Å². The van der Waals surface area contributed by atoms with Gasteiger partial charge in [-0.1, -0.05) is 12.1 Å². The summed E-state index contributed by atoms with van der Waals surface area (Å²) in [6.45, 7) is 0.164. The third-order valence-electron chi connectivity index (χ3n) is 5.69. The highest BCUT2D eigenvalue weighted by molar-refractivity contribution is 6.10. The number of rotatable bonds is 14. The van der Waals surface area contributed by atoms with Crippen LogP contribution < -0.4 is 28.4 Å². The number of ether oxygens (including phenoxy) is 9. The van der Waals surface area contributed by atoms with Crippen LogP contribution in [-0.2, 0) is 14.2 Å². The number of methoxy groups -OCH3 is 4. The van der Waals surface area contributed by atoms with Crippen LogP contribution in [0.15, 0.2) is 54.7 Å². The molecule has 0 saturated carbocycles. The molecule has 11 heteroatoms. The fourth-order valence-corrected chi connectivity index (χ4v) is 3.81. The number of fused-ring (bicyclic) bond motifs is 1. The molecule has 2 aromatic carbocycles. The van der Waals surface area contributed by atoms with Gasteiger partial charge in [0.25, 0.3) is 0 Å². The third kappa shape index (κ3) is 7.20. The summed E-state index contributed by atoms with van der Waals surface area (Å²) >= 11 is 0. The fraction of sp³-hybridized carbons (Fsp3) is 0.310. The molecular weight excluding hydrogens is 522 g/mol. The normalized spacial score (nSPS) is 14.2. The van der Waals surface area contributed by atoms with E-state index in [-0.39, 0.29) is 49.3 Å². The molecule has 0 radical (unpaired) electrons. The van der Waals surface area contributed by atoms with Gasteiger partial charge in [0.1, 0.15) is 29.4 Å². The Bertz CT molecular complexity index is 1280. The number of hydrogen-bond donors (Lipinski definition) is 0. The zero-order chi connectivity index (χ0) is 28.3. The molecule has 0 saturated heterocycles. The predicted octanol–water partition coefficient (Wildman–Crippen LogP) is 4.45. The number of pyridine rings is 1. The Labute approximate surface area is 232 Å². The second-order valence-corrected chi connectivity index (χ2v) is 8.40. The molecule has 11 nitrogen and oxygen atoms in total. The van der Waals surface area contributed by atoms with Gasteiger partial charge in [0.05, 0.1) is 7.11 Å². The highest BCUT2D eigenvalue weighted by Gasteiger charge is 2.24. The standard InChI is InChI=1S/C29H31NO10/c1-32-16-37-21-12-25(38-17-33-2)29(26(13-21)39-18-34-3)22(31)8-5-19-6-9-23-24(11-19)40-27(15-36-23)20-7-10-28(35-4)30-14-20/h5-14,27H,15-18H2,1-4H3/b8-5+. The zero-order valence-electron chi connectivity index (χ0n) is 22.7. The van der Waals surface area contributed by atoms with Gasteiger partial charge in [0.15, 0.2) is 43.8 Å². The van der Waals surface area contributed by atoms with Crippen molar-refractivity contribution in [2.24, 2.45) is 0 Å². The Morgan fingerprint density at radius 2 is 1.60 bits per heavy atom. The molecular formula is C29H31NO10. The van der Waals surface area contributed by atoms with Crippen LogP contribution in [0.4, 0.5) is 0 Å². The van der Waals surface area contributed by atoms with Crippen molar-refractivity contribution in [3.63, 3.8) is 0 Å². The maximum absolute atomic E-state index is 13.4. The van der Waals surface area contributed by atoms with Gasteiger partial charge in [-0.25, -0.2) is 4.98 Å². The average Bonchev–Trinajstić information content (AvgIpc) is 3.00. The summed E-state index contributed by atoms with van der Waals surface area (Å²) in [5, 5.41) is 0. The van der Waals surface area contributed by atoms with E-state index in [1.54, 1.807) is 49.7 Å². The SMILES string of the molecule is COCOc1cc(OCOC)c(C(=O)/C=C/c2ccc3c(c2)OC(c2ccc(OC)nc2)CO3)c(OCOC)c1. The predicted molar refractivity (Wildman–Crippen MR) is 143 cm³/mol. The number of benzene rings is 2. The van der Waals surface area contributed by atoms with E-state index in [1.165, 1.54) is 27.4 Å². The molecule has 0 spiro atoms. The van der Waals surface area contributed by atoms with Gasteiger partial charge in [-0.05, 0) is 29.8 Å². The lowest BCUT2D eigenvalue weighted by Crippen LogP contribution is -2.21. The minimum Gasteiger partial charge on any atom is -0.485 e. The Morgan fingerprint density at radius 1 is 0.900 bits per heavy atom. The molecule has 0 aliphatic carbocycles. The lowest BCUT2D eigenvalue weighted by Gasteiger charge is -2.26. The molecule has 0 N–H and O–H groups in total. The van der Waals surface area contributed by atoms with Crippen molar-refractivity contribution >= 4 is 11.9 Å². The monoisotopic (exact) mass is 553 g/mol. The van der Waals surface area contributed by atoms with Gasteiger partial charge >= 0.3 is 0 Å². The Hall–Kier alpha value is -4.32. The van der Waals surface area contributed by atoms with Crippen LogP contribution in [0.1, 0.15) is 27.6 Å². The molecule has 2 heterocycles. The van der Waals surface area contributed by atoms with E-state index in [1.807, 2.05) is 12.1 Å². The zero-order valence-corrected chi connectivity index (χ0v) is 22.7. The number of ketones is 1. The summed E-state index contributed by atoms with van der Waals surface area (Å²) in [6.07, 6.45) is 4.44. The molecule has 0 bridgehead atoms. The first kappa shape index (κ1) is 28.7. The molecule has 3 aromatic rings. The topological polar surface area (TPSA) is 113 Å². The number of aromatic nitrogens is 1. The van der Waals surface area contributed by atoms with Crippen LogP contribution in [-0.4, -0.2) is 66.2 Å². The van der Waals surface area contributed by atoms with E-state index in [9.17, 15) is 4.79 Å². The Morgan fingerprint density at radius 3 is 2.23 bits per heavy atom. The summed E-state index contributed by atoms with van der Waals surface area (Å²) in [7, 11) is 6.02. The second kappa shape index (κ2) is 14.2. The summed E-state index contributed by atoms with van der Waals surface area (Å²) in [4.78, 5) is 17.7. The van der Waals surface area contributed by atoms with Gasteiger partial charge in [0, 0.05) is 51.3 Å². The summed E-state index contributed by atoms with van der Waals surface area (Å²) in [5.74, 6) is 2.12. The Kier molecular flexibility index (Phi) is 10.2. The lowest BCUT2D eigenvalue weighted by atomic mass is 10.1. The molecule has 1 aliphatic heterocycles. The van der Waals surface area contributed by atoms with Crippen LogP contribution in [0, 0.1) is 0 Å². The maximum Gasteiger partial charge on any atom is 0.212 e. The van der Waals surface area contributed by atoms with Crippen LogP contribution in [0.25, 0.3) is 6.08 Å². The van der Waals surface area contributed by atoms with Crippen LogP contribution in [0.2, 0.25) is 0 Å². The van der Waals surface area contributed by atoms with Crippen LogP contribution in [0.3, 0.4) is 0 Å². The van der Waals surface area contributed by atoms with E-state index in [4.69, 9.17) is 42.6 Å². The van der Waals surface area contributed by atoms with Crippen molar-refractivity contribution in [3.8, 4) is 34.6 Å². The Balaban J connectivity index is 1.57. The van der Waals surface area contributed by atoms with Crippen molar-refractivity contribution in [2.75, 3.05) is 55.4 Å². The van der Waals surface area contributed by atoms with E-state index in [2.05, 4.69) is 4.98 Å². The van der Waals surface area contributed by atoms with Crippen LogP contribution in [0.5, 0.6) is 34.6 Å². The van der Waals surface area contributed by atoms with Crippen molar-refractivity contribution in [2.45, 2.75) is 6.10 Å². The first-order chi connectivity index (χ1) is 19.6. The van der Waals surface area contributed by atoms with Crippen molar-refractivity contribution < 1.29 is 47.4 Å². The van der Waals surface area contributed by atoms with E-state index >= 15 is 0 Å². The molecule has 1 aromatic heterocycles. The third-order valence-corrected chi connectivity index (χ3v) is 5.69. The summed E-state index contributed by atoms with van der Waals surface area (Å²) in [6, 6.07) is 12.2. The molecule has 212 valence electrons. The van der Waals surface area contributed by atoms with E-state index < -0.39 is 0 Å². The van der Waals surface area contributed by atoms with Gasteiger partial charge in [-0.15, -0.1) is 0 Å². The first-order valence-electron chi connectivity index (χ1n) is 12.2. The number of nitrogens with zero attached hydrogens (tertiary/aromatic N) is 1. The number of hydrogen-bond acceptors (Lipinski definition) is 11. The highest BCUT2D eigenvalue weighted by atomic mass is 16.7. The van der Waals surface area contributed by atoms with Gasteiger partial charge in [0.2, 0.25) is 5.88 Å². The molecule has 0 amide bonds.